The van der Waals surface area contributed by atoms with E-state index in [1.165, 1.54) is 5.56 Å². The van der Waals surface area contributed by atoms with Crippen LogP contribution in [0.1, 0.15) is 12.5 Å². The van der Waals surface area contributed by atoms with Gasteiger partial charge < -0.3 is 10.2 Å². The van der Waals surface area contributed by atoms with Crippen molar-refractivity contribution in [1.29, 1.82) is 0 Å². The molecule has 0 atom stereocenters. The Morgan fingerprint density at radius 3 is 2.29 bits per heavy atom. The second kappa shape index (κ2) is 7.38. The van der Waals surface area contributed by atoms with Gasteiger partial charge in [0.15, 0.2) is 5.82 Å². The average molecular weight is 305 g/mol. The largest absolute Gasteiger partial charge is 0.353 e. The molecule has 2 aromatic rings. The quantitative estimate of drug-likeness (QED) is 0.946. The maximum absolute atomic E-state index is 4.37. The summed E-state index contributed by atoms with van der Waals surface area (Å²) in [4.78, 5) is 2.27. The SMILES string of the molecule is CCc1ccc(-c2ccc(N3CCNCC3)nn2)cc1.Cl. The van der Waals surface area contributed by atoms with E-state index < -0.39 is 0 Å². The number of hydrogen-bond donors (Lipinski definition) is 1. The second-order valence-electron chi connectivity index (χ2n) is 5.06. The maximum atomic E-state index is 4.37. The molecule has 1 saturated heterocycles. The Balaban J connectivity index is 0.00000161. The van der Waals surface area contributed by atoms with Crippen LogP contribution in [-0.2, 0) is 6.42 Å². The second-order valence-corrected chi connectivity index (χ2v) is 5.06. The molecule has 112 valence electrons. The van der Waals surface area contributed by atoms with Gasteiger partial charge in [0.1, 0.15) is 0 Å². The molecule has 0 saturated carbocycles. The molecule has 4 nitrogen and oxygen atoms in total. The number of nitrogens with one attached hydrogen (secondary N) is 1. The maximum Gasteiger partial charge on any atom is 0.151 e. The van der Waals surface area contributed by atoms with Crippen molar-refractivity contribution < 1.29 is 0 Å². The molecule has 0 aliphatic carbocycles. The van der Waals surface area contributed by atoms with E-state index in [9.17, 15) is 0 Å². The van der Waals surface area contributed by atoms with E-state index in [1.54, 1.807) is 0 Å². The van der Waals surface area contributed by atoms with Gasteiger partial charge in [-0.25, -0.2) is 0 Å². The fraction of sp³-hybridized carbons (Fsp3) is 0.375. The first-order chi connectivity index (χ1) is 9.86. The zero-order valence-electron chi connectivity index (χ0n) is 12.2. The minimum atomic E-state index is 0. The van der Waals surface area contributed by atoms with Gasteiger partial charge in [-0.2, -0.15) is 0 Å². The number of piperazine rings is 1. The third kappa shape index (κ3) is 3.71. The van der Waals surface area contributed by atoms with Gasteiger partial charge >= 0.3 is 0 Å². The Hall–Kier alpha value is -1.65. The summed E-state index contributed by atoms with van der Waals surface area (Å²) in [6.45, 7) is 6.19. The summed E-state index contributed by atoms with van der Waals surface area (Å²) in [5.41, 5.74) is 3.41. The van der Waals surface area contributed by atoms with E-state index >= 15 is 0 Å². The van der Waals surface area contributed by atoms with Gasteiger partial charge in [0.25, 0.3) is 0 Å². The highest BCUT2D eigenvalue weighted by molar-refractivity contribution is 5.85. The van der Waals surface area contributed by atoms with Gasteiger partial charge in [-0.1, -0.05) is 31.2 Å². The molecule has 21 heavy (non-hydrogen) atoms. The fourth-order valence-electron chi connectivity index (χ4n) is 2.45. The molecule has 2 heterocycles. The van der Waals surface area contributed by atoms with Crippen LogP contribution < -0.4 is 10.2 Å². The smallest absolute Gasteiger partial charge is 0.151 e. The lowest BCUT2D eigenvalue weighted by molar-refractivity contribution is 0.583. The molecule has 1 aliphatic rings. The number of rotatable bonds is 3. The molecule has 1 aromatic heterocycles. The molecule has 0 unspecified atom stereocenters. The van der Waals surface area contributed by atoms with E-state index in [2.05, 4.69) is 63.7 Å². The first-order valence-electron chi connectivity index (χ1n) is 7.25. The van der Waals surface area contributed by atoms with E-state index in [4.69, 9.17) is 0 Å². The Bertz CT molecular complexity index is 547. The van der Waals surface area contributed by atoms with Crippen molar-refractivity contribution in [3.8, 4) is 11.3 Å². The van der Waals surface area contributed by atoms with Crippen LogP contribution in [-0.4, -0.2) is 36.4 Å². The van der Waals surface area contributed by atoms with E-state index in [0.29, 0.717) is 0 Å². The summed E-state index contributed by atoms with van der Waals surface area (Å²) in [6.07, 6.45) is 1.06. The minimum absolute atomic E-state index is 0. The molecule has 1 fully saturated rings. The van der Waals surface area contributed by atoms with Crippen LogP contribution in [0.15, 0.2) is 36.4 Å². The topological polar surface area (TPSA) is 41.0 Å². The Kier molecular flexibility index (Phi) is 5.53. The molecule has 0 bridgehead atoms. The monoisotopic (exact) mass is 304 g/mol. The highest BCUT2D eigenvalue weighted by Crippen LogP contribution is 2.19. The normalized spacial score (nSPS) is 14.6. The number of benzene rings is 1. The van der Waals surface area contributed by atoms with Crippen LogP contribution in [0.5, 0.6) is 0 Å². The highest BCUT2D eigenvalue weighted by Gasteiger charge is 2.12. The van der Waals surface area contributed by atoms with Crippen LogP contribution in [0.25, 0.3) is 11.3 Å². The van der Waals surface area contributed by atoms with E-state index in [-0.39, 0.29) is 12.4 Å². The Morgan fingerprint density at radius 1 is 1.00 bits per heavy atom. The number of halogens is 1. The van der Waals surface area contributed by atoms with Crippen LogP contribution in [0.3, 0.4) is 0 Å². The lowest BCUT2D eigenvalue weighted by atomic mass is 10.1. The van der Waals surface area contributed by atoms with Crippen molar-refractivity contribution in [2.24, 2.45) is 0 Å². The molecule has 1 aliphatic heterocycles. The van der Waals surface area contributed by atoms with Gasteiger partial charge in [0.05, 0.1) is 5.69 Å². The Labute approximate surface area is 132 Å². The fourth-order valence-corrected chi connectivity index (χ4v) is 2.45. The van der Waals surface area contributed by atoms with E-state index in [0.717, 1.165) is 49.7 Å². The summed E-state index contributed by atoms with van der Waals surface area (Å²) >= 11 is 0. The van der Waals surface area contributed by atoms with Crippen LogP contribution in [0, 0.1) is 0 Å². The zero-order chi connectivity index (χ0) is 13.8. The van der Waals surface area contributed by atoms with Gasteiger partial charge in [-0.3, -0.25) is 0 Å². The van der Waals surface area contributed by atoms with Crippen LogP contribution in [0.4, 0.5) is 5.82 Å². The third-order valence-electron chi connectivity index (χ3n) is 3.75. The minimum Gasteiger partial charge on any atom is -0.353 e. The number of anilines is 1. The molecule has 1 N–H and O–H groups in total. The highest BCUT2D eigenvalue weighted by atomic mass is 35.5. The van der Waals surface area contributed by atoms with Gasteiger partial charge in [-0.15, -0.1) is 22.6 Å². The standard InChI is InChI=1S/C16H20N4.ClH/c1-2-13-3-5-14(6-4-13)15-7-8-16(19-18-15)20-11-9-17-10-12-20;/h3-8,17H,2,9-12H2,1H3;1H. The van der Waals surface area contributed by atoms with Gasteiger partial charge in [0.2, 0.25) is 0 Å². The summed E-state index contributed by atoms with van der Waals surface area (Å²) in [7, 11) is 0. The lowest BCUT2D eigenvalue weighted by Crippen LogP contribution is -2.43. The number of hydrogen-bond acceptors (Lipinski definition) is 4. The van der Waals surface area contributed by atoms with Crippen molar-refractivity contribution in [1.82, 2.24) is 15.5 Å². The average Bonchev–Trinajstić information content (AvgIpc) is 2.56. The lowest BCUT2D eigenvalue weighted by Gasteiger charge is -2.27. The first-order valence-corrected chi connectivity index (χ1v) is 7.25. The summed E-state index contributed by atoms with van der Waals surface area (Å²) in [5.74, 6) is 0.973. The van der Waals surface area contributed by atoms with Gasteiger partial charge in [0, 0.05) is 31.7 Å². The summed E-state index contributed by atoms with van der Waals surface area (Å²) < 4.78 is 0. The van der Waals surface area contributed by atoms with Crippen molar-refractivity contribution in [3.05, 3.63) is 42.0 Å². The predicted octanol–water partition coefficient (Wildman–Crippen LogP) is 2.54. The molecule has 1 aromatic carbocycles. The van der Waals surface area contributed by atoms with Crippen molar-refractivity contribution in [2.75, 3.05) is 31.1 Å². The molecule has 0 amide bonds. The number of aromatic nitrogens is 2. The molecule has 0 radical (unpaired) electrons. The van der Waals surface area contributed by atoms with Crippen molar-refractivity contribution in [3.63, 3.8) is 0 Å². The number of aryl methyl sites for hydroxylation is 1. The predicted molar refractivity (Wildman–Crippen MR) is 89.2 cm³/mol. The first kappa shape index (κ1) is 15.7. The molecule has 5 heteroatoms. The molecular weight excluding hydrogens is 284 g/mol. The van der Waals surface area contributed by atoms with Crippen molar-refractivity contribution in [2.45, 2.75) is 13.3 Å². The number of nitrogens with zero attached hydrogens (tertiary/aromatic N) is 3. The van der Waals surface area contributed by atoms with Crippen LogP contribution >= 0.6 is 12.4 Å². The van der Waals surface area contributed by atoms with E-state index in [1.807, 2.05) is 0 Å². The Morgan fingerprint density at radius 2 is 1.71 bits per heavy atom. The van der Waals surface area contributed by atoms with Crippen molar-refractivity contribution >= 4 is 18.2 Å². The molecule has 3 rings (SSSR count). The zero-order valence-corrected chi connectivity index (χ0v) is 13.1. The molecular formula is C16H21ClN4. The van der Waals surface area contributed by atoms with Gasteiger partial charge in [-0.05, 0) is 24.1 Å². The molecule has 0 spiro atoms. The third-order valence-corrected chi connectivity index (χ3v) is 3.75. The summed E-state index contributed by atoms with van der Waals surface area (Å²) in [6, 6.07) is 12.7. The van der Waals surface area contributed by atoms with Crippen LogP contribution in [0.2, 0.25) is 0 Å². The summed E-state index contributed by atoms with van der Waals surface area (Å²) in [5, 5.41) is 12.1.